The van der Waals surface area contributed by atoms with Crippen molar-refractivity contribution in [3.8, 4) is 0 Å². The summed E-state index contributed by atoms with van der Waals surface area (Å²) in [6.07, 6.45) is 3.56. The highest BCUT2D eigenvalue weighted by Gasteiger charge is 2.42. The second-order valence-corrected chi connectivity index (χ2v) is 8.02. The van der Waals surface area contributed by atoms with E-state index in [1.54, 1.807) is 12.1 Å². The van der Waals surface area contributed by atoms with Gasteiger partial charge >= 0.3 is 0 Å². The van der Waals surface area contributed by atoms with E-state index in [9.17, 15) is 13.2 Å². The predicted molar refractivity (Wildman–Crippen MR) is 85.6 cm³/mol. The van der Waals surface area contributed by atoms with Crippen LogP contribution in [-0.4, -0.2) is 49.0 Å². The number of hydrogen-bond acceptors (Lipinski definition) is 4. The lowest BCUT2D eigenvalue weighted by molar-refractivity contribution is -0.136. The number of piperidine rings is 1. The van der Waals surface area contributed by atoms with Crippen molar-refractivity contribution in [2.45, 2.75) is 43.2 Å². The van der Waals surface area contributed by atoms with Gasteiger partial charge < -0.3 is 10.2 Å². The van der Waals surface area contributed by atoms with Gasteiger partial charge in [0.15, 0.2) is 0 Å². The molecule has 0 radical (unpaired) electrons. The Labute approximate surface area is 136 Å². The zero-order chi connectivity index (χ0) is 16.6. The van der Waals surface area contributed by atoms with Crippen LogP contribution in [0, 0.1) is 12.8 Å². The molecular formula is C16H22N2O4S. The molecule has 1 aromatic rings. The Bertz CT molecular complexity index is 667. The number of nitrogens with zero attached hydrogens (tertiary/aromatic N) is 1. The molecule has 0 spiro atoms. The normalized spacial score (nSPS) is 25.9. The van der Waals surface area contributed by atoms with Crippen molar-refractivity contribution in [2.24, 2.45) is 5.92 Å². The summed E-state index contributed by atoms with van der Waals surface area (Å²) >= 11 is 0. The number of carbonyl (C=O) groups excluding carboxylic acids is 1. The third-order valence-electron chi connectivity index (χ3n) is 4.48. The van der Waals surface area contributed by atoms with Crippen LogP contribution in [-0.2, 0) is 14.9 Å². The van der Waals surface area contributed by atoms with E-state index in [0.29, 0.717) is 23.9 Å². The van der Waals surface area contributed by atoms with Crippen molar-refractivity contribution in [1.29, 1.82) is 0 Å². The zero-order valence-electron chi connectivity index (χ0n) is 13.1. The van der Waals surface area contributed by atoms with Crippen LogP contribution in [0.5, 0.6) is 0 Å². The van der Waals surface area contributed by atoms with Gasteiger partial charge in [0.1, 0.15) is 0 Å². The average molecular weight is 338 g/mol. The molecule has 4 fully saturated rings. The Kier molecular flexibility index (Phi) is 4.44. The summed E-state index contributed by atoms with van der Waals surface area (Å²) in [5, 5.41) is 3.43. The largest absolute Gasteiger partial charge is 0.339 e. The zero-order valence-corrected chi connectivity index (χ0v) is 13.9. The third-order valence-corrected chi connectivity index (χ3v) is 5.35. The van der Waals surface area contributed by atoms with Crippen LogP contribution in [0.1, 0.15) is 24.8 Å². The van der Waals surface area contributed by atoms with E-state index < -0.39 is 10.1 Å². The minimum atomic E-state index is -4.02. The van der Waals surface area contributed by atoms with Gasteiger partial charge in [-0.15, -0.1) is 0 Å². The summed E-state index contributed by atoms with van der Waals surface area (Å²) in [6, 6.07) is 7.22. The maximum absolute atomic E-state index is 11.6. The van der Waals surface area contributed by atoms with Crippen LogP contribution in [0.25, 0.3) is 0 Å². The lowest BCUT2D eigenvalue weighted by Gasteiger charge is -2.48. The fourth-order valence-electron chi connectivity index (χ4n) is 2.99. The monoisotopic (exact) mass is 338 g/mol. The number of rotatable bonds is 2. The molecule has 1 aliphatic carbocycles. The minimum absolute atomic E-state index is 0.0666. The molecule has 0 aromatic heterocycles. The molecular weight excluding hydrogens is 316 g/mol. The van der Waals surface area contributed by atoms with Gasteiger partial charge in [-0.05, 0) is 38.3 Å². The highest BCUT2D eigenvalue weighted by atomic mass is 32.2. The topological polar surface area (TPSA) is 86.7 Å². The molecule has 3 heterocycles. The molecule has 3 saturated heterocycles. The first-order chi connectivity index (χ1) is 10.8. The van der Waals surface area contributed by atoms with Gasteiger partial charge in [0, 0.05) is 31.1 Å². The Hall–Kier alpha value is -1.44. The first-order valence-corrected chi connectivity index (χ1v) is 9.36. The molecule has 1 aromatic carbocycles. The summed E-state index contributed by atoms with van der Waals surface area (Å²) in [5.74, 6) is 0.827. The van der Waals surface area contributed by atoms with Crippen LogP contribution < -0.4 is 5.32 Å². The highest BCUT2D eigenvalue weighted by molar-refractivity contribution is 7.85. The number of fused-ring (bicyclic) bond motifs is 2. The van der Waals surface area contributed by atoms with Crippen LogP contribution in [0.2, 0.25) is 0 Å². The van der Waals surface area contributed by atoms with E-state index in [2.05, 4.69) is 10.2 Å². The molecule has 2 atom stereocenters. The Balaban J connectivity index is 0.000000137. The SMILES string of the molecule is Cc1ccc(S(=O)(=O)O)cc1.O=C(C1CC1)N1CC2CC(C1)N2. The van der Waals surface area contributed by atoms with E-state index in [0.717, 1.165) is 31.5 Å². The van der Waals surface area contributed by atoms with Crippen molar-refractivity contribution < 1.29 is 17.8 Å². The lowest BCUT2D eigenvalue weighted by Crippen LogP contribution is -2.67. The Morgan fingerprint density at radius 2 is 1.70 bits per heavy atom. The number of piperazine rings is 1. The molecule has 5 rings (SSSR count). The molecule has 2 bridgehead atoms. The lowest BCUT2D eigenvalue weighted by atomic mass is 9.91. The van der Waals surface area contributed by atoms with Gasteiger partial charge in [0.2, 0.25) is 5.91 Å². The van der Waals surface area contributed by atoms with E-state index in [4.69, 9.17) is 4.55 Å². The second kappa shape index (κ2) is 6.22. The van der Waals surface area contributed by atoms with Gasteiger partial charge in [-0.2, -0.15) is 8.42 Å². The standard InChI is InChI=1S/C9H14N2O.C7H8O3S/c12-9(6-1-2-6)11-4-7-3-8(5-11)10-7;1-6-2-4-7(5-3-6)11(8,9)10/h6-8,10H,1-5H2;2-5H,1H3,(H,8,9,10). The molecule has 1 saturated carbocycles. The van der Waals surface area contributed by atoms with Gasteiger partial charge in [0.05, 0.1) is 4.90 Å². The first kappa shape index (κ1) is 16.4. The number of carbonyl (C=O) groups is 1. The molecule has 1 amide bonds. The Morgan fingerprint density at radius 1 is 1.17 bits per heavy atom. The molecule has 126 valence electrons. The average Bonchev–Trinajstić information content (AvgIpc) is 3.31. The first-order valence-electron chi connectivity index (χ1n) is 7.92. The van der Waals surface area contributed by atoms with Gasteiger partial charge in [-0.3, -0.25) is 9.35 Å². The van der Waals surface area contributed by atoms with Crippen LogP contribution in [0.15, 0.2) is 29.2 Å². The predicted octanol–water partition coefficient (Wildman–Crippen LogP) is 1.21. The Morgan fingerprint density at radius 3 is 2.13 bits per heavy atom. The molecule has 2 N–H and O–H groups in total. The molecule has 7 heteroatoms. The number of benzene rings is 1. The maximum Gasteiger partial charge on any atom is 0.294 e. The summed E-state index contributed by atoms with van der Waals surface area (Å²) in [4.78, 5) is 13.6. The quantitative estimate of drug-likeness (QED) is 0.792. The maximum atomic E-state index is 11.6. The fourth-order valence-corrected chi connectivity index (χ4v) is 3.47. The summed E-state index contributed by atoms with van der Waals surface area (Å²) in [5.41, 5.74) is 0.956. The smallest absolute Gasteiger partial charge is 0.294 e. The van der Waals surface area contributed by atoms with E-state index >= 15 is 0 Å². The molecule has 23 heavy (non-hydrogen) atoms. The van der Waals surface area contributed by atoms with E-state index in [1.165, 1.54) is 18.6 Å². The number of hydrogen-bond donors (Lipinski definition) is 2. The molecule has 6 nitrogen and oxygen atoms in total. The summed E-state index contributed by atoms with van der Waals surface area (Å²) in [6.45, 7) is 3.77. The van der Waals surface area contributed by atoms with Crippen molar-refractivity contribution in [2.75, 3.05) is 13.1 Å². The third kappa shape index (κ3) is 4.10. The van der Waals surface area contributed by atoms with Crippen molar-refractivity contribution in [3.05, 3.63) is 29.8 Å². The molecule has 4 aliphatic rings. The summed E-state index contributed by atoms with van der Waals surface area (Å²) < 4.78 is 29.6. The fraction of sp³-hybridized carbons (Fsp3) is 0.562. The van der Waals surface area contributed by atoms with E-state index in [1.807, 2.05) is 6.92 Å². The van der Waals surface area contributed by atoms with Gasteiger partial charge in [-0.25, -0.2) is 0 Å². The van der Waals surface area contributed by atoms with Crippen molar-refractivity contribution in [1.82, 2.24) is 10.2 Å². The van der Waals surface area contributed by atoms with Crippen LogP contribution in [0.4, 0.5) is 0 Å². The summed E-state index contributed by atoms with van der Waals surface area (Å²) in [7, 11) is -4.02. The van der Waals surface area contributed by atoms with Gasteiger partial charge in [0.25, 0.3) is 10.1 Å². The van der Waals surface area contributed by atoms with Crippen LogP contribution in [0.3, 0.4) is 0 Å². The second-order valence-electron chi connectivity index (χ2n) is 6.60. The van der Waals surface area contributed by atoms with E-state index in [-0.39, 0.29) is 4.90 Å². The molecule has 2 unspecified atom stereocenters. The minimum Gasteiger partial charge on any atom is -0.339 e. The molecule has 3 aliphatic heterocycles. The number of nitrogens with one attached hydrogen (secondary N) is 1. The van der Waals surface area contributed by atoms with Gasteiger partial charge in [-0.1, -0.05) is 17.7 Å². The van der Waals surface area contributed by atoms with Crippen LogP contribution >= 0.6 is 0 Å². The number of aryl methyl sites for hydroxylation is 1. The van der Waals surface area contributed by atoms with Crippen molar-refractivity contribution >= 4 is 16.0 Å². The van der Waals surface area contributed by atoms with Crippen molar-refractivity contribution in [3.63, 3.8) is 0 Å². The number of amides is 1. The highest BCUT2D eigenvalue weighted by Crippen LogP contribution is 2.33.